The normalized spacial score (nSPS) is 10.4. The maximum Gasteiger partial charge on any atom is 0.356 e. The Labute approximate surface area is 109 Å². The van der Waals surface area contributed by atoms with Gasteiger partial charge in [0.2, 0.25) is 0 Å². The van der Waals surface area contributed by atoms with Crippen molar-refractivity contribution in [1.82, 2.24) is 9.78 Å². The van der Waals surface area contributed by atoms with Gasteiger partial charge in [-0.2, -0.15) is 5.10 Å². The van der Waals surface area contributed by atoms with Gasteiger partial charge in [0.05, 0.1) is 5.69 Å². The first-order valence-electron chi connectivity index (χ1n) is 5.79. The van der Waals surface area contributed by atoms with Crippen LogP contribution in [-0.2, 0) is 13.2 Å². The van der Waals surface area contributed by atoms with Gasteiger partial charge < -0.3 is 9.84 Å². The molecule has 19 heavy (non-hydrogen) atoms. The molecule has 1 heterocycles. The molecule has 0 fully saturated rings. The Kier molecular flexibility index (Phi) is 3.79. The highest BCUT2D eigenvalue weighted by atomic mass is 19.1. The second-order valence-corrected chi connectivity index (χ2v) is 3.86. The molecule has 0 aliphatic carbocycles. The highest BCUT2D eigenvalue weighted by Crippen LogP contribution is 2.17. The van der Waals surface area contributed by atoms with E-state index >= 15 is 0 Å². The predicted molar refractivity (Wildman–Crippen MR) is 65.6 cm³/mol. The lowest BCUT2D eigenvalue weighted by Crippen LogP contribution is -2.07. The average molecular weight is 264 g/mol. The second kappa shape index (κ2) is 5.51. The molecule has 1 N–H and O–H groups in total. The zero-order valence-corrected chi connectivity index (χ0v) is 10.3. The SMILES string of the molecule is CCn1nc(C(=O)O)cc1COc1ccccc1F. The van der Waals surface area contributed by atoms with Gasteiger partial charge in [-0.05, 0) is 25.1 Å². The quantitative estimate of drug-likeness (QED) is 0.900. The number of nitrogens with zero attached hydrogens (tertiary/aromatic N) is 2. The number of carbonyl (C=O) groups is 1. The van der Waals surface area contributed by atoms with Gasteiger partial charge in [-0.3, -0.25) is 4.68 Å². The van der Waals surface area contributed by atoms with Crippen LogP contribution in [0.4, 0.5) is 4.39 Å². The van der Waals surface area contributed by atoms with E-state index in [-0.39, 0.29) is 18.1 Å². The number of carboxylic acid groups (broad SMARTS) is 1. The molecule has 5 nitrogen and oxygen atoms in total. The summed E-state index contributed by atoms with van der Waals surface area (Å²) in [5, 5.41) is 12.8. The topological polar surface area (TPSA) is 64.4 Å². The molecule has 0 saturated heterocycles. The number of carboxylic acids is 1. The maximum absolute atomic E-state index is 13.4. The summed E-state index contributed by atoms with van der Waals surface area (Å²) in [5.74, 6) is -1.42. The van der Waals surface area contributed by atoms with Crippen molar-refractivity contribution >= 4 is 5.97 Å². The summed E-state index contributed by atoms with van der Waals surface area (Å²) in [4.78, 5) is 10.8. The number of aromatic nitrogens is 2. The van der Waals surface area contributed by atoms with E-state index in [0.29, 0.717) is 12.2 Å². The third-order valence-corrected chi connectivity index (χ3v) is 2.59. The van der Waals surface area contributed by atoms with E-state index in [4.69, 9.17) is 9.84 Å². The van der Waals surface area contributed by atoms with Crippen molar-refractivity contribution in [3.05, 3.63) is 47.5 Å². The number of aromatic carboxylic acids is 1. The Morgan fingerprint density at radius 3 is 2.84 bits per heavy atom. The van der Waals surface area contributed by atoms with Crippen LogP contribution in [0, 0.1) is 5.82 Å². The summed E-state index contributed by atoms with van der Waals surface area (Å²) in [6.07, 6.45) is 0. The molecule has 2 rings (SSSR count). The highest BCUT2D eigenvalue weighted by molar-refractivity contribution is 5.85. The Morgan fingerprint density at radius 2 is 2.21 bits per heavy atom. The fourth-order valence-corrected chi connectivity index (χ4v) is 1.66. The molecule has 0 atom stereocenters. The molecular weight excluding hydrogens is 251 g/mol. The molecule has 0 aliphatic rings. The van der Waals surface area contributed by atoms with Crippen molar-refractivity contribution in [2.75, 3.05) is 0 Å². The van der Waals surface area contributed by atoms with Gasteiger partial charge in [-0.15, -0.1) is 0 Å². The lowest BCUT2D eigenvalue weighted by molar-refractivity contribution is 0.0689. The monoisotopic (exact) mass is 264 g/mol. The summed E-state index contributed by atoms with van der Waals surface area (Å²) in [7, 11) is 0. The van der Waals surface area contributed by atoms with Crippen LogP contribution in [0.2, 0.25) is 0 Å². The van der Waals surface area contributed by atoms with Gasteiger partial charge in [-0.1, -0.05) is 12.1 Å². The highest BCUT2D eigenvalue weighted by Gasteiger charge is 2.13. The predicted octanol–water partition coefficient (Wildman–Crippen LogP) is 2.32. The van der Waals surface area contributed by atoms with Crippen LogP contribution in [-0.4, -0.2) is 20.9 Å². The number of aryl methyl sites for hydroxylation is 1. The van der Waals surface area contributed by atoms with Crippen LogP contribution in [0.1, 0.15) is 23.1 Å². The fraction of sp³-hybridized carbons (Fsp3) is 0.231. The Balaban J connectivity index is 2.15. The molecule has 6 heteroatoms. The number of halogens is 1. The van der Waals surface area contributed by atoms with Crippen LogP contribution < -0.4 is 4.74 Å². The minimum absolute atomic E-state index is 0.0472. The number of rotatable bonds is 5. The Morgan fingerprint density at radius 1 is 1.47 bits per heavy atom. The van der Waals surface area contributed by atoms with Crippen LogP contribution in [0.5, 0.6) is 5.75 Å². The van der Waals surface area contributed by atoms with Crippen molar-refractivity contribution in [1.29, 1.82) is 0 Å². The molecule has 0 amide bonds. The summed E-state index contributed by atoms with van der Waals surface area (Å²) >= 11 is 0. The van der Waals surface area contributed by atoms with Crippen LogP contribution >= 0.6 is 0 Å². The smallest absolute Gasteiger partial charge is 0.356 e. The molecule has 1 aromatic heterocycles. The van der Waals surface area contributed by atoms with Crippen molar-refractivity contribution in [2.45, 2.75) is 20.1 Å². The Hall–Kier alpha value is -2.37. The molecule has 0 bridgehead atoms. The molecule has 0 aliphatic heterocycles. The molecule has 0 saturated carbocycles. The molecule has 1 aromatic carbocycles. The van der Waals surface area contributed by atoms with Gasteiger partial charge in [0.15, 0.2) is 17.3 Å². The summed E-state index contributed by atoms with van der Waals surface area (Å²) < 4.78 is 20.2. The number of hydrogen-bond acceptors (Lipinski definition) is 3. The molecule has 0 spiro atoms. The fourth-order valence-electron chi connectivity index (χ4n) is 1.66. The first-order valence-corrected chi connectivity index (χ1v) is 5.79. The first kappa shape index (κ1) is 13.1. The minimum Gasteiger partial charge on any atom is -0.484 e. The third-order valence-electron chi connectivity index (χ3n) is 2.59. The van der Waals surface area contributed by atoms with E-state index in [1.54, 1.807) is 12.1 Å². The van der Waals surface area contributed by atoms with E-state index in [2.05, 4.69) is 5.10 Å². The van der Waals surface area contributed by atoms with Gasteiger partial charge in [0, 0.05) is 6.54 Å². The van der Waals surface area contributed by atoms with Gasteiger partial charge in [0.25, 0.3) is 0 Å². The van der Waals surface area contributed by atoms with Crippen molar-refractivity contribution in [3.63, 3.8) is 0 Å². The zero-order chi connectivity index (χ0) is 13.8. The molecular formula is C13H13FN2O3. The van der Waals surface area contributed by atoms with Crippen molar-refractivity contribution in [2.24, 2.45) is 0 Å². The molecule has 0 unspecified atom stereocenters. The van der Waals surface area contributed by atoms with E-state index in [1.165, 1.54) is 22.9 Å². The minimum atomic E-state index is -1.10. The maximum atomic E-state index is 13.4. The van der Waals surface area contributed by atoms with Crippen LogP contribution in [0.15, 0.2) is 30.3 Å². The van der Waals surface area contributed by atoms with Gasteiger partial charge in [0.1, 0.15) is 6.61 Å². The van der Waals surface area contributed by atoms with E-state index < -0.39 is 11.8 Å². The van der Waals surface area contributed by atoms with Crippen molar-refractivity contribution < 1.29 is 19.0 Å². The van der Waals surface area contributed by atoms with E-state index in [9.17, 15) is 9.18 Å². The second-order valence-electron chi connectivity index (χ2n) is 3.86. The summed E-state index contributed by atoms with van der Waals surface area (Å²) in [6, 6.07) is 7.47. The largest absolute Gasteiger partial charge is 0.484 e. The molecule has 0 radical (unpaired) electrons. The third kappa shape index (κ3) is 2.90. The standard InChI is InChI=1S/C13H13FN2O3/c1-2-16-9(7-11(15-16)13(17)18)8-19-12-6-4-3-5-10(12)14/h3-7H,2,8H2,1H3,(H,17,18). The lowest BCUT2D eigenvalue weighted by Gasteiger charge is -2.08. The molecule has 2 aromatic rings. The first-order chi connectivity index (χ1) is 9.11. The van der Waals surface area contributed by atoms with Gasteiger partial charge in [-0.25, -0.2) is 9.18 Å². The zero-order valence-electron chi connectivity index (χ0n) is 10.3. The average Bonchev–Trinajstić information content (AvgIpc) is 2.81. The number of para-hydroxylation sites is 1. The van der Waals surface area contributed by atoms with Crippen molar-refractivity contribution in [3.8, 4) is 5.75 Å². The number of ether oxygens (including phenoxy) is 1. The number of benzene rings is 1. The molecule has 100 valence electrons. The summed E-state index contributed by atoms with van der Waals surface area (Å²) in [6.45, 7) is 2.42. The van der Waals surface area contributed by atoms with Gasteiger partial charge >= 0.3 is 5.97 Å². The summed E-state index contributed by atoms with van der Waals surface area (Å²) in [5.41, 5.74) is 0.539. The Bertz CT molecular complexity index is 595. The van der Waals surface area contributed by atoms with E-state index in [1.807, 2.05) is 6.92 Å². The van der Waals surface area contributed by atoms with E-state index in [0.717, 1.165) is 0 Å². The van der Waals surface area contributed by atoms with Crippen LogP contribution in [0.25, 0.3) is 0 Å². The lowest BCUT2D eigenvalue weighted by atomic mass is 10.3. The van der Waals surface area contributed by atoms with Crippen LogP contribution in [0.3, 0.4) is 0 Å². The number of hydrogen-bond donors (Lipinski definition) is 1.